The van der Waals surface area contributed by atoms with Gasteiger partial charge in [-0.3, -0.25) is 0 Å². The molecule has 2 aromatic rings. The Labute approximate surface area is 130 Å². The van der Waals surface area contributed by atoms with E-state index in [0.717, 1.165) is 5.92 Å². The molecule has 103 valence electrons. The fourth-order valence-corrected chi connectivity index (χ4v) is 11.9. The van der Waals surface area contributed by atoms with E-state index >= 15 is 0 Å². The normalized spacial score (nSPS) is 16.4. The Hall–Kier alpha value is -0.761. The van der Waals surface area contributed by atoms with Gasteiger partial charge in [0.15, 0.2) is 0 Å². The summed E-state index contributed by atoms with van der Waals surface area (Å²) >= 11 is -1.69. The van der Waals surface area contributed by atoms with Gasteiger partial charge < -0.3 is 0 Å². The molecule has 0 N–H and O–H groups in total. The molecule has 0 unspecified atom stereocenters. The summed E-state index contributed by atoms with van der Waals surface area (Å²) in [6, 6.07) is 22.7. The van der Waals surface area contributed by atoms with Crippen LogP contribution < -0.4 is 7.16 Å². The van der Waals surface area contributed by atoms with Gasteiger partial charge in [0.05, 0.1) is 0 Å². The first kappa shape index (κ1) is 14.2. The van der Waals surface area contributed by atoms with E-state index in [4.69, 9.17) is 0 Å². The van der Waals surface area contributed by atoms with Crippen LogP contribution in [0.1, 0.15) is 32.1 Å². The molecule has 1 fully saturated rings. The van der Waals surface area contributed by atoms with E-state index in [2.05, 4.69) is 60.7 Å². The van der Waals surface area contributed by atoms with E-state index in [9.17, 15) is 0 Å². The molecule has 0 aliphatic heterocycles. The summed E-state index contributed by atoms with van der Waals surface area (Å²) in [4.78, 5) is 0. The van der Waals surface area contributed by atoms with Crippen molar-refractivity contribution in [3.63, 3.8) is 0 Å². The Kier molecular flexibility index (Phi) is 5.18. The summed E-state index contributed by atoms with van der Waals surface area (Å²) in [5.41, 5.74) is 0. The number of rotatable bonds is 4. The predicted molar refractivity (Wildman–Crippen MR) is 89.3 cm³/mol. The van der Waals surface area contributed by atoms with Crippen molar-refractivity contribution < 1.29 is 0 Å². The zero-order chi connectivity index (χ0) is 13.6. The molecular weight excluding hydrogens is 347 g/mol. The van der Waals surface area contributed by atoms with E-state index in [1.165, 1.54) is 36.5 Å². The molecule has 0 atom stereocenters. The minimum absolute atomic E-state index is 0.999. The van der Waals surface area contributed by atoms with Gasteiger partial charge in [0.25, 0.3) is 0 Å². The van der Waals surface area contributed by atoms with Crippen LogP contribution in [-0.2, 0) is 0 Å². The number of hydrogen-bond donors (Lipinski definition) is 0. The van der Waals surface area contributed by atoms with Gasteiger partial charge in [-0.2, -0.15) is 0 Å². The second-order valence-electron chi connectivity index (χ2n) is 5.92. The molecular formula is C19H23Sn. The first-order chi connectivity index (χ1) is 9.93. The van der Waals surface area contributed by atoms with E-state index in [1.807, 2.05) is 0 Å². The van der Waals surface area contributed by atoms with Gasteiger partial charge in [-0.1, -0.05) is 0 Å². The van der Waals surface area contributed by atoms with E-state index in [1.54, 1.807) is 7.16 Å². The van der Waals surface area contributed by atoms with Crippen LogP contribution in [0.2, 0.25) is 4.44 Å². The maximum absolute atomic E-state index is 2.38. The molecule has 1 radical (unpaired) electrons. The molecule has 20 heavy (non-hydrogen) atoms. The van der Waals surface area contributed by atoms with E-state index < -0.39 is 19.8 Å². The summed E-state index contributed by atoms with van der Waals surface area (Å²) in [6.07, 6.45) is 7.34. The molecule has 0 saturated heterocycles. The van der Waals surface area contributed by atoms with Gasteiger partial charge in [-0.25, -0.2) is 0 Å². The Morgan fingerprint density at radius 1 is 0.700 bits per heavy atom. The van der Waals surface area contributed by atoms with Crippen LogP contribution in [0.3, 0.4) is 0 Å². The summed E-state index contributed by atoms with van der Waals surface area (Å²) in [5, 5.41) is 0. The van der Waals surface area contributed by atoms with E-state index in [-0.39, 0.29) is 0 Å². The quantitative estimate of drug-likeness (QED) is 0.717. The van der Waals surface area contributed by atoms with Crippen molar-refractivity contribution in [2.45, 2.75) is 36.5 Å². The van der Waals surface area contributed by atoms with Gasteiger partial charge in [0.1, 0.15) is 0 Å². The third-order valence-electron chi connectivity index (χ3n) is 4.46. The monoisotopic (exact) mass is 371 g/mol. The molecule has 1 aliphatic carbocycles. The SMILES string of the molecule is c1cc[c]([Sn]([CH2]C2CCCCC2)[c]2ccccc2)cc1. The van der Waals surface area contributed by atoms with Crippen LogP contribution in [0.5, 0.6) is 0 Å². The van der Waals surface area contributed by atoms with Crippen LogP contribution in [0.25, 0.3) is 0 Å². The molecule has 3 rings (SSSR count). The number of hydrogen-bond acceptors (Lipinski definition) is 0. The van der Waals surface area contributed by atoms with Crippen molar-refractivity contribution in [3.8, 4) is 0 Å². The molecule has 1 aliphatic rings. The first-order valence-electron chi connectivity index (χ1n) is 7.90. The minimum atomic E-state index is -1.69. The van der Waals surface area contributed by atoms with Crippen LogP contribution in [0.15, 0.2) is 60.7 Å². The molecule has 0 nitrogen and oxygen atoms in total. The van der Waals surface area contributed by atoms with Crippen molar-refractivity contribution in [1.29, 1.82) is 0 Å². The van der Waals surface area contributed by atoms with Crippen molar-refractivity contribution in [1.82, 2.24) is 0 Å². The maximum atomic E-state index is 2.38. The fraction of sp³-hybridized carbons (Fsp3) is 0.368. The molecule has 0 bridgehead atoms. The molecule has 0 spiro atoms. The zero-order valence-electron chi connectivity index (χ0n) is 12.1. The summed E-state index contributed by atoms with van der Waals surface area (Å²) in [7, 11) is 0. The van der Waals surface area contributed by atoms with Gasteiger partial charge in [-0.05, 0) is 0 Å². The Morgan fingerprint density at radius 3 is 1.70 bits per heavy atom. The van der Waals surface area contributed by atoms with Gasteiger partial charge in [0.2, 0.25) is 0 Å². The Morgan fingerprint density at radius 2 is 1.20 bits per heavy atom. The zero-order valence-corrected chi connectivity index (χ0v) is 14.9. The van der Waals surface area contributed by atoms with Crippen LogP contribution >= 0.6 is 0 Å². The molecule has 1 saturated carbocycles. The third-order valence-corrected chi connectivity index (χ3v) is 13.2. The predicted octanol–water partition coefficient (Wildman–Crippen LogP) is 3.88. The molecule has 2 aromatic carbocycles. The van der Waals surface area contributed by atoms with Gasteiger partial charge in [-0.15, -0.1) is 0 Å². The van der Waals surface area contributed by atoms with Crippen molar-refractivity contribution >= 4 is 26.9 Å². The van der Waals surface area contributed by atoms with Crippen molar-refractivity contribution in [2.24, 2.45) is 5.92 Å². The molecule has 1 heteroatoms. The second-order valence-corrected chi connectivity index (χ2v) is 13.1. The fourth-order valence-electron chi connectivity index (χ4n) is 3.36. The topological polar surface area (TPSA) is 0 Å². The molecule has 0 heterocycles. The summed E-state index contributed by atoms with van der Waals surface area (Å²) < 4.78 is 4.86. The molecule has 0 amide bonds. The average Bonchev–Trinajstić information content (AvgIpc) is 2.55. The van der Waals surface area contributed by atoms with Crippen LogP contribution in [0, 0.1) is 5.92 Å². The van der Waals surface area contributed by atoms with Gasteiger partial charge in [0, 0.05) is 0 Å². The summed E-state index contributed by atoms with van der Waals surface area (Å²) in [6.45, 7) is 0. The molecule has 0 aromatic heterocycles. The van der Waals surface area contributed by atoms with Crippen LogP contribution in [-0.4, -0.2) is 19.8 Å². The number of benzene rings is 2. The Balaban J connectivity index is 1.83. The van der Waals surface area contributed by atoms with Crippen molar-refractivity contribution in [2.75, 3.05) is 0 Å². The standard InChI is InChI=1S/C7H13.2C6H5.Sn/c1-7-5-3-2-4-6-7;2*1-2-4-6-5-3-1;/h7H,1-6H2;2*1-5H;. The summed E-state index contributed by atoms with van der Waals surface area (Å²) in [5.74, 6) is 0.999. The van der Waals surface area contributed by atoms with Gasteiger partial charge >= 0.3 is 130 Å². The van der Waals surface area contributed by atoms with Crippen LogP contribution in [0.4, 0.5) is 0 Å². The second kappa shape index (κ2) is 7.31. The van der Waals surface area contributed by atoms with Crippen molar-refractivity contribution in [3.05, 3.63) is 60.7 Å². The first-order valence-corrected chi connectivity index (χ1v) is 12.8. The van der Waals surface area contributed by atoms with E-state index in [0.29, 0.717) is 0 Å². The average molecular weight is 370 g/mol. The third kappa shape index (κ3) is 3.66. The Bertz CT molecular complexity index is 460.